The van der Waals surface area contributed by atoms with Crippen LogP contribution < -0.4 is 10.2 Å². The Labute approximate surface area is 203 Å². The largest absolute Gasteiger partial charge is 0.342 e. The number of nitrogens with zero attached hydrogens (tertiary/aromatic N) is 5. The number of fused-ring (bicyclic) bond motifs is 2. The van der Waals surface area contributed by atoms with Crippen molar-refractivity contribution in [2.24, 2.45) is 0 Å². The van der Waals surface area contributed by atoms with Gasteiger partial charge in [-0.25, -0.2) is 18.2 Å². The molecule has 2 saturated heterocycles. The van der Waals surface area contributed by atoms with Crippen molar-refractivity contribution in [1.29, 1.82) is 0 Å². The van der Waals surface area contributed by atoms with Crippen LogP contribution in [0.25, 0.3) is 0 Å². The molecule has 1 N–H and O–H groups in total. The summed E-state index contributed by atoms with van der Waals surface area (Å²) in [7, 11) is -1.68. The Balaban J connectivity index is 1.51. The SMILES string of the molecule is CC(=O)N1CCC2(C1)CN(C(=O)Nc1nccs1)c1ccc(S(=O)(=O)N3CCN(C)CC3)cc12. The number of urea groups is 1. The predicted molar refractivity (Wildman–Crippen MR) is 130 cm³/mol. The normalized spacial score (nSPS) is 23.5. The van der Waals surface area contributed by atoms with E-state index in [4.69, 9.17) is 0 Å². The van der Waals surface area contributed by atoms with Crippen LogP contribution in [0.5, 0.6) is 0 Å². The van der Waals surface area contributed by atoms with Crippen LogP contribution in [0.15, 0.2) is 34.7 Å². The van der Waals surface area contributed by atoms with Crippen LogP contribution in [-0.4, -0.2) is 92.3 Å². The third-order valence-electron chi connectivity index (χ3n) is 7.08. The maximum Gasteiger partial charge on any atom is 0.328 e. The first-order valence-corrected chi connectivity index (χ1v) is 13.6. The highest BCUT2D eigenvalue weighted by Gasteiger charge is 2.50. The highest BCUT2D eigenvalue weighted by Crippen LogP contribution is 2.47. The molecule has 0 aliphatic carbocycles. The zero-order valence-corrected chi connectivity index (χ0v) is 20.9. The Morgan fingerprint density at radius 1 is 1.12 bits per heavy atom. The molecule has 1 spiro atoms. The van der Waals surface area contributed by atoms with Crippen molar-refractivity contribution in [3.63, 3.8) is 0 Å². The highest BCUT2D eigenvalue weighted by molar-refractivity contribution is 7.89. The number of anilines is 2. The molecule has 3 aliphatic heterocycles. The van der Waals surface area contributed by atoms with Gasteiger partial charge in [0.25, 0.3) is 0 Å². The first-order valence-electron chi connectivity index (χ1n) is 11.3. The fourth-order valence-electron chi connectivity index (χ4n) is 5.10. The molecule has 2 fully saturated rings. The van der Waals surface area contributed by atoms with Crippen molar-refractivity contribution in [3.8, 4) is 0 Å². The van der Waals surface area contributed by atoms with Crippen LogP contribution in [0, 0.1) is 0 Å². The van der Waals surface area contributed by atoms with E-state index in [2.05, 4.69) is 15.2 Å². The number of hydrogen-bond acceptors (Lipinski definition) is 7. The van der Waals surface area contributed by atoms with E-state index >= 15 is 0 Å². The minimum atomic E-state index is -3.66. The van der Waals surface area contributed by atoms with Crippen molar-refractivity contribution < 1.29 is 18.0 Å². The molecule has 3 amide bonds. The maximum absolute atomic E-state index is 13.4. The van der Waals surface area contributed by atoms with Crippen LogP contribution in [0.3, 0.4) is 0 Å². The second kappa shape index (κ2) is 8.59. The monoisotopic (exact) mass is 504 g/mol. The van der Waals surface area contributed by atoms with Crippen LogP contribution in [0.1, 0.15) is 18.9 Å². The summed E-state index contributed by atoms with van der Waals surface area (Å²) in [6, 6.07) is 4.73. The lowest BCUT2D eigenvalue weighted by Crippen LogP contribution is -2.47. The lowest BCUT2D eigenvalue weighted by atomic mass is 9.81. The summed E-state index contributed by atoms with van der Waals surface area (Å²) >= 11 is 1.33. The summed E-state index contributed by atoms with van der Waals surface area (Å²) in [4.78, 5) is 35.2. The quantitative estimate of drug-likeness (QED) is 0.681. The number of amides is 3. The van der Waals surface area contributed by atoms with Gasteiger partial charge in [0, 0.05) is 75.4 Å². The zero-order valence-electron chi connectivity index (χ0n) is 19.2. The lowest BCUT2D eigenvalue weighted by Gasteiger charge is -2.32. The minimum Gasteiger partial charge on any atom is -0.342 e. The summed E-state index contributed by atoms with van der Waals surface area (Å²) in [5, 5.41) is 5.11. The van der Waals surface area contributed by atoms with Gasteiger partial charge in [-0.2, -0.15) is 4.31 Å². The number of carbonyl (C=O) groups excluding carboxylic acids is 2. The summed E-state index contributed by atoms with van der Waals surface area (Å²) < 4.78 is 28.4. The summed E-state index contributed by atoms with van der Waals surface area (Å²) in [5.41, 5.74) is 0.979. The average Bonchev–Trinajstić information content (AvgIpc) is 3.54. The standard InChI is InChI=1S/C22H28N6O4S2/c1-16(29)26-7-5-22(14-26)15-28(21(30)24-20-23-6-12-33-20)19-4-3-17(13-18(19)22)34(31,32)27-10-8-25(2)9-11-27/h3-4,6,12-13H,5,7-11,14-15H2,1-2H3,(H,23,24,30). The van der Waals surface area contributed by atoms with Crippen LogP contribution in [-0.2, 0) is 20.2 Å². The molecule has 182 valence electrons. The number of carbonyl (C=O) groups is 2. The maximum atomic E-state index is 13.4. The third-order valence-corrected chi connectivity index (χ3v) is 9.66. The molecule has 34 heavy (non-hydrogen) atoms. The Kier molecular flexibility index (Phi) is 5.87. The van der Waals surface area contributed by atoms with Crippen LogP contribution in [0.2, 0.25) is 0 Å². The van der Waals surface area contributed by atoms with Crippen molar-refractivity contribution >= 4 is 44.1 Å². The molecule has 0 radical (unpaired) electrons. The van der Waals surface area contributed by atoms with E-state index in [1.807, 2.05) is 7.05 Å². The molecule has 1 aromatic heterocycles. The fourth-order valence-corrected chi connectivity index (χ4v) is 7.07. The second-order valence-electron chi connectivity index (χ2n) is 9.21. The van der Waals surface area contributed by atoms with Gasteiger partial charge in [-0.05, 0) is 37.2 Å². The Morgan fingerprint density at radius 2 is 1.88 bits per heavy atom. The van der Waals surface area contributed by atoms with Gasteiger partial charge in [-0.3, -0.25) is 15.0 Å². The minimum absolute atomic E-state index is 0.0228. The Bertz CT molecular complexity index is 1210. The number of rotatable bonds is 3. The third kappa shape index (κ3) is 3.98. The van der Waals surface area contributed by atoms with Crippen molar-refractivity contribution in [2.75, 3.05) is 63.1 Å². The average molecular weight is 505 g/mol. The number of likely N-dealkylation sites (N-methyl/N-ethyl adjacent to an activating group) is 1. The predicted octanol–water partition coefficient (Wildman–Crippen LogP) is 1.62. The molecule has 10 nitrogen and oxygen atoms in total. The Hall–Kier alpha value is -2.54. The molecule has 0 bridgehead atoms. The van der Waals surface area contributed by atoms with E-state index in [0.29, 0.717) is 63.1 Å². The molecular formula is C22H28N6O4S2. The molecule has 4 heterocycles. The molecule has 12 heteroatoms. The van der Waals surface area contributed by atoms with Crippen molar-refractivity contribution in [2.45, 2.75) is 23.7 Å². The number of likely N-dealkylation sites (tertiary alicyclic amines) is 1. The number of piperazine rings is 1. The van der Waals surface area contributed by atoms with Gasteiger partial charge < -0.3 is 9.80 Å². The first-order chi connectivity index (χ1) is 16.2. The van der Waals surface area contributed by atoms with Gasteiger partial charge >= 0.3 is 6.03 Å². The van der Waals surface area contributed by atoms with Crippen LogP contribution in [0.4, 0.5) is 15.6 Å². The van der Waals surface area contributed by atoms with Crippen molar-refractivity contribution in [1.82, 2.24) is 19.1 Å². The van der Waals surface area contributed by atoms with E-state index in [-0.39, 0.29) is 16.8 Å². The molecular weight excluding hydrogens is 476 g/mol. The first kappa shape index (κ1) is 23.2. The topological polar surface area (TPSA) is 106 Å². The molecule has 1 unspecified atom stereocenters. The van der Waals surface area contributed by atoms with E-state index in [9.17, 15) is 18.0 Å². The van der Waals surface area contributed by atoms with Crippen LogP contribution >= 0.6 is 11.3 Å². The van der Waals surface area contributed by atoms with Gasteiger partial charge in [0.15, 0.2) is 5.13 Å². The number of hydrogen-bond donors (Lipinski definition) is 1. The molecule has 2 aromatic rings. The molecule has 1 aromatic carbocycles. The molecule has 3 aliphatic rings. The molecule has 1 atom stereocenters. The van der Waals surface area contributed by atoms with Gasteiger partial charge in [-0.1, -0.05) is 0 Å². The van der Waals surface area contributed by atoms with E-state index in [1.54, 1.807) is 39.6 Å². The molecule has 0 saturated carbocycles. The number of sulfonamides is 1. The van der Waals surface area contributed by atoms with E-state index in [0.717, 1.165) is 5.56 Å². The number of benzene rings is 1. The fraction of sp³-hybridized carbons (Fsp3) is 0.500. The van der Waals surface area contributed by atoms with E-state index < -0.39 is 15.4 Å². The Morgan fingerprint density at radius 3 is 2.53 bits per heavy atom. The number of aromatic nitrogens is 1. The zero-order chi connectivity index (χ0) is 24.1. The summed E-state index contributed by atoms with van der Waals surface area (Å²) in [6.07, 6.45) is 2.29. The second-order valence-corrected chi connectivity index (χ2v) is 12.0. The van der Waals surface area contributed by atoms with Gasteiger partial charge in [0.05, 0.1) is 4.90 Å². The van der Waals surface area contributed by atoms with E-state index in [1.165, 1.54) is 22.6 Å². The summed E-state index contributed by atoms with van der Waals surface area (Å²) in [6.45, 7) is 5.21. The highest BCUT2D eigenvalue weighted by atomic mass is 32.2. The summed E-state index contributed by atoms with van der Waals surface area (Å²) in [5.74, 6) is -0.0228. The number of nitrogens with one attached hydrogen (secondary N) is 1. The van der Waals surface area contributed by atoms with Gasteiger partial charge in [-0.15, -0.1) is 11.3 Å². The number of thiazole rings is 1. The molecule has 5 rings (SSSR count). The van der Waals surface area contributed by atoms with Crippen molar-refractivity contribution in [3.05, 3.63) is 35.3 Å². The van der Waals surface area contributed by atoms with Gasteiger partial charge in [0.1, 0.15) is 0 Å². The van der Waals surface area contributed by atoms with Gasteiger partial charge in [0.2, 0.25) is 15.9 Å². The lowest BCUT2D eigenvalue weighted by molar-refractivity contribution is -0.127. The smallest absolute Gasteiger partial charge is 0.328 e.